The Morgan fingerprint density at radius 3 is 1.82 bits per heavy atom. The van der Waals surface area contributed by atoms with Crippen LogP contribution in [0.15, 0.2) is 48.5 Å². The maximum absolute atomic E-state index is 13.6. The highest BCUT2D eigenvalue weighted by atomic mass is 16.5. The summed E-state index contributed by atoms with van der Waals surface area (Å²) in [4.78, 5) is 52.8. The lowest BCUT2D eigenvalue weighted by atomic mass is 9.96. The number of alkyl carbamates (subject to hydrolysis) is 1. The summed E-state index contributed by atoms with van der Waals surface area (Å²) in [5.74, 6) is -1.51. The van der Waals surface area contributed by atoms with Crippen LogP contribution in [0.5, 0.6) is 0 Å². The number of carbonyl (C=O) groups is 4. The van der Waals surface area contributed by atoms with E-state index in [2.05, 4.69) is 21.3 Å². The molecule has 10 heteroatoms. The van der Waals surface area contributed by atoms with Gasteiger partial charge in [-0.2, -0.15) is 0 Å². The van der Waals surface area contributed by atoms with Crippen molar-refractivity contribution in [1.29, 1.82) is 0 Å². The Bertz CT molecular complexity index is 1260. The van der Waals surface area contributed by atoms with E-state index in [1.807, 2.05) is 97.9 Å². The molecule has 2 rings (SSSR count). The first-order valence-electron chi connectivity index (χ1n) is 15.8. The zero-order chi connectivity index (χ0) is 33.7. The number of amides is 4. The number of nitrogens with one attached hydrogen (secondary N) is 4. The molecule has 0 radical (unpaired) electrons. The van der Waals surface area contributed by atoms with Gasteiger partial charge in [-0.25, -0.2) is 4.79 Å². The van der Waals surface area contributed by atoms with Gasteiger partial charge < -0.3 is 31.1 Å². The Balaban J connectivity index is 2.16. The Labute approximate surface area is 268 Å². The summed E-state index contributed by atoms with van der Waals surface area (Å²) in [5, 5.41) is 22.1. The summed E-state index contributed by atoms with van der Waals surface area (Å²) in [5.41, 5.74) is 3.29. The van der Waals surface area contributed by atoms with E-state index in [0.29, 0.717) is 24.9 Å². The third-order valence-electron chi connectivity index (χ3n) is 7.21. The van der Waals surface area contributed by atoms with Gasteiger partial charge in [0, 0.05) is 5.69 Å². The molecule has 5 N–H and O–H groups in total. The van der Waals surface area contributed by atoms with Gasteiger partial charge in [0.05, 0.1) is 6.04 Å². The lowest BCUT2D eigenvalue weighted by Crippen LogP contribution is -2.57. The van der Waals surface area contributed by atoms with Gasteiger partial charge in [0.2, 0.25) is 11.8 Å². The third-order valence-corrected chi connectivity index (χ3v) is 7.21. The number of hydrogen-bond donors (Lipinski definition) is 5. The quantitative estimate of drug-likeness (QED) is 0.178. The molecule has 0 heterocycles. The summed E-state index contributed by atoms with van der Waals surface area (Å²) >= 11 is 0. The largest absolute Gasteiger partial charge is 0.445 e. The van der Waals surface area contributed by atoms with Crippen molar-refractivity contribution in [2.45, 2.75) is 105 Å². The van der Waals surface area contributed by atoms with Gasteiger partial charge in [-0.15, -0.1) is 0 Å². The van der Waals surface area contributed by atoms with E-state index in [9.17, 15) is 24.3 Å². The minimum Gasteiger partial charge on any atom is -0.445 e. The average Bonchev–Trinajstić information content (AvgIpc) is 2.95. The van der Waals surface area contributed by atoms with E-state index < -0.39 is 48.0 Å². The number of anilines is 1. The summed E-state index contributed by atoms with van der Waals surface area (Å²) in [7, 11) is 0. The molecule has 0 spiro atoms. The number of aryl methyl sites for hydroxylation is 2. The Kier molecular flexibility index (Phi) is 15.0. The maximum atomic E-state index is 13.6. The van der Waals surface area contributed by atoms with Crippen LogP contribution in [0.25, 0.3) is 0 Å². The highest BCUT2D eigenvalue weighted by Gasteiger charge is 2.33. The van der Waals surface area contributed by atoms with E-state index in [1.165, 1.54) is 0 Å². The lowest BCUT2D eigenvalue weighted by Gasteiger charge is -2.29. The van der Waals surface area contributed by atoms with E-state index >= 15 is 0 Å². The molecule has 4 amide bonds. The van der Waals surface area contributed by atoms with Crippen molar-refractivity contribution in [2.24, 2.45) is 17.8 Å². The van der Waals surface area contributed by atoms with Crippen LogP contribution in [0, 0.1) is 31.6 Å². The van der Waals surface area contributed by atoms with Crippen LogP contribution in [0.2, 0.25) is 0 Å². The maximum Gasteiger partial charge on any atom is 0.408 e. The molecule has 0 aliphatic rings. The number of carbonyl (C=O) groups excluding carboxylic acids is 4. The first kappa shape index (κ1) is 37.3. The van der Waals surface area contributed by atoms with Crippen molar-refractivity contribution in [3.63, 3.8) is 0 Å². The normalized spacial score (nSPS) is 14.0. The number of rotatable bonds is 16. The van der Waals surface area contributed by atoms with Crippen LogP contribution in [-0.4, -0.2) is 53.2 Å². The molecule has 2 aromatic rings. The highest BCUT2D eigenvalue weighted by Crippen LogP contribution is 2.18. The molecule has 0 aliphatic carbocycles. The summed E-state index contributed by atoms with van der Waals surface area (Å²) in [6.07, 6.45) is -1.29. The van der Waals surface area contributed by atoms with Crippen LogP contribution in [0.1, 0.15) is 77.5 Å². The molecule has 0 aromatic heterocycles. The molecule has 0 unspecified atom stereocenters. The van der Waals surface area contributed by atoms with Crippen molar-refractivity contribution >= 4 is 29.5 Å². The van der Waals surface area contributed by atoms with Crippen molar-refractivity contribution in [1.82, 2.24) is 16.0 Å². The summed E-state index contributed by atoms with van der Waals surface area (Å²) in [6.45, 7) is 15.4. The molecule has 0 aliphatic heterocycles. The second-order valence-corrected chi connectivity index (χ2v) is 13.1. The molecule has 0 saturated carbocycles. The van der Waals surface area contributed by atoms with Crippen LogP contribution >= 0.6 is 0 Å². The highest BCUT2D eigenvalue weighted by molar-refractivity contribution is 5.96. The second kappa shape index (κ2) is 18.1. The fraction of sp³-hybridized carbons (Fsp3) is 0.543. The molecule has 0 fully saturated rings. The van der Waals surface area contributed by atoms with E-state index in [-0.39, 0.29) is 24.4 Å². The van der Waals surface area contributed by atoms with Crippen LogP contribution in [0.3, 0.4) is 0 Å². The Hall–Kier alpha value is -3.92. The van der Waals surface area contributed by atoms with Gasteiger partial charge in [0.25, 0.3) is 5.91 Å². The van der Waals surface area contributed by atoms with Gasteiger partial charge in [-0.1, -0.05) is 89.6 Å². The fourth-order valence-electron chi connectivity index (χ4n) is 4.99. The third kappa shape index (κ3) is 13.3. The van der Waals surface area contributed by atoms with E-state index in [4.69, 9.17) is 4.74 Å². The molecular weight excluding hydrogens is 572 g/mol. The first-order valence-corrected chi connectivity index (χ1v) is 15.8. The molecule has 4 atom stereocenters. The van der Waals surface area contributed by atoms with Crippen LogP contribution in [-0.2, 0) is 25.7 Å². The molecule has 0 saturated heterocycles. The molecule has 2 aromatic carbocycles. The molecular formula is C35H52N4O6. The predicted molar refractivity (Wildman–Crippen MR) is 176 cm³/mol. The molecule has 0 bridgehead atoms. The van der Waals surface area contributed by atoms with Crippen LogP contribution in [0.4, 0.5) is 10.5 Å². The van der Waals surface area contributed by atoms with Crippen molar-refractivity contribution in [3.05, 3.63) is 65.2 Å². The smallest absolute Gasteiger partial charge is 0.408 e. The minimum atomic E-state index is -1.53. The lowest BCUT2D eigenvalue weighted by molar-refractivity contribution is -0.133. The Morgan fingerprint density at radius 1 is 0.711 bits per heavy atom. The standard InChI is InChI=1S/C35H52N4O6/c1-21(2)16-28(31(40)34(43)36-27-15-14-24(7)19-25(27)8)37-32(41)29(17-22(3)4)38-33(42)30(18-23(5)6)39-35(44)45-20-26-12-10-9-11-13-26/h9-15,19,21-23,28-31,40H,16-18,20H2,1-8H3,(H,36,43)(H,37,41)(H,38,42)(H,39,44)/t28-,29-,30-,31-/m0/s1. The molecule has 45 heavy (non-hydrogen) atoms. The zero-order valence-corrected chi connectivity index (χ0v) is 28.0. The fourth-order valence-corrected chi connectivity index (χ4v) is 4.99. The van der Waals surface area contributed by atoms with E-state index in [1.54, 1.807) is 6.07 Å². The van der Waals surface area contributed by atoms with Crippen molar-refractivity contribution in [3.8, 4) is 0 Å². The van der Waals surface area contributed by atoms with Gasteiger partial charge in [0.15, 0.2) is 6.10 Å². The zero-order valence-electron chi connectivity index (χ0n) is 28.0. The summed E-state index contributed by atoms with van der Waals surface area (Å²) < 4.78 is 5.33. The van der Waals surface area contributed by atoms with Crippen LogP contribution < -0.4 is 21.3 Å². The van der Waals surface area contributed by atoms with Gasteiger partial charge in [-0.05, 0) is 68.1 Å². The Morgan fingerprint density at radius 2 is 1.27 bits per heavy atom. The number of hydrogen-bond acceptors (Lipinski definition) is 6. The van der Waals surface area contributed by atoms with Crippen molar-refractivity contribution < 1.29 is 29.0 Å². The minimum absolute atomic E-state index is 0.0367. The van der Waals surface area contributed by atoms with Gasteiger partial charge in [-0.3, -0.25) is 14.4 Å². The van der Waals surface area contributed by atoms with Gasteiger partial charge in [0.1, 0.15) is 18.7 Å². The average molecular weight is 625 g/mol. The predicted octanol–water partition coefficient (Wildman–Crippen LogP) is 5.01. The number of benzene rings is 2. The summed E-state index contributed by atoms with van der Waals surface area (Å²) in [6, 6.07) is 12.0. The number of aliphatic hydroxyl groups excluding tert-OH is 1. The number of ether oxygens (including phenoxy) is 1. The SMILES string of the molecule is Cc1ccc(NC(=O)[C@@H](O)[C@H](CC(C)C)NC(=O)[C@H](CC(C)C)NC(=O)[C@H](CC(C)C)NC(=O)OCc2ccccc2)c(C)c1. The van der Waals surface area contributed by atoms with E-state index in [0.717, 1.165) is 16.7 Å². The monoisotopic (exact) mass is 624 g/mol. The topological polar surface area (TPSA) is 146 Å². The van der Waals surface area contributed by atoms with Gasteiger partial charge >= 0.3 is 6.09 Å². The number of aliphatic hydroxyl groups is 1. The molecule has 10 nitrogen and oxygen atoms in total. The second-order valence-electron chi connectivity index (χ2n) is 13.1. The first-order chi connectivity index (χ1) is 21.2. The molecule has 248 valence electrons. The van der Waals surface area contributed by atoms with Crippen molar-refractivity contribution in [2.75, 3.05) is 5.32 Å².